The Kier molecular flexibility index (Phi) is 7.03. The Bertz CT molecular complexity index is 920. The first-order chi connectivity index (χ1) is 14.2. The normalized spacial score (nSPS) is 12.0. The molecule has 0 spiro atoms. The number of carbonyl (C=O) groups excluding carboxylic acids is 1. The third kappa shape index (κ3) is 5.03. The molecule has 29 heavy (non-hydrogen) atoms. The van der Waals surface area contributed by atoms with E-state index in [4.69, 9.17) is 4.74 Å². The fraction of sp³-hybridized carbons (Fsp3) is 0.304. The molecule has 0 aliphatic carbocycles. The van der Waals surface area contributed by atoms with Crippen molar-refractivity contribution in [2.24, 2.45) is 0 Å². The fourth-order valence-corrected chi connectivity index (χ4v) is 3.47. The molecule has 2 aromatic carbocycles. The van der Waals surface area contributed by atoms with Gasteiger partial charge in [-0.1, -0.05) is 32.0 Å². The molecule has 6 nitrogen and oxygen atoms in total. The molecule has 1 N–H and O–H groups in total. The molecule has 1 heterocycles. The first-order valence-electron chi connectivity index (χ1n) is 9.92. The first kappa shape index (κ1) is 20.6. The molecule has 1 amide bonds. The van der Waals surface area contributed by atoms with E-state index in [1.807, 2.05) is 54.7 Å². The summed E-state index contributed by atoms with van der Waals surface area (Å²) >= 11 is 0. The molecule has 1 atom stereocenters. The molecule has 3 aromatic rings. The van der Waals surface area contributed by atoms with Crippen molar-refractivity contribution < 1.29 is 9.53 Å². The molecular weight excluding hydrogens is 364 g/mol. The zero-order valence-corrected chi connectivity index (χ0v) is 17.2. The van der Waals surface area contributed by atoms with Gasteiger partial charge in [-0.25, -0.2) is 4.68 Å². The Labute approximate surface area is 172 Å². The lowest BCUT2D eigenvalue weighted by molar-refractivity contribution is 0.0935. The van der Waals surface area contributed by atoms with Crippen LogP contribution in [0.25, 0.3) is 5.69 Å². The van der Waals surface area contributed by atoms with Gasteiger partial charge in [-0.05, 0) is 55.1 Å². The van der Waals surface area contributed by atoms with Crippen LogP contribution in [0.4, 0.5) is 0 Å². The molecule has 1 aromatic heterocycles. The summed E-state index contributed by atoms with van der Waals surface area (Å²) in [6, 6.07) is 17.4. The van der Waals surface area contributed by atoms with Crippen molar-refractivity contribution in [3.05, 3.63) is 78.1 Å². The van der Waals surface area contributed by atoms with E-state index in [1.54, 1.807) is 18.0 Å². The minimum absolute atomic E-state index is 0.0679. The van der Waals surface area contributed by atoms with Crippen molar-refractivity contribution in [2.75, 3.05) is 26.7 Å². The zero-order valence-electron chi connectivity index (χ0n) is 17.2. The summed E-state index contributed by atoms with van der Waals surface area (Å²) in [7, 11) is 1.67. The van der Waals surface area contributed by atoms with Crippen LogP contribution in [0.1, 0.15) is 35.8 Å². The van der Waals surface area contributed by atoms with Gasteiger partial charge in [-0.3, -0.25) is 9.69 Å². The van der Waals surface area contributed by atoms with E-state index in [9.17, 15) is 4.79 Å². The third-order valence-corrected chi connectivity index (χ3v) is 5.06. The van der Waals surface area contributed by atoms with Crippen LogP contribution in [-0.4, -0.2) is 47.3 Å². The highest BCUT2D eigenvalue weighted by molar-refractivity contribution is 5.94. The van der Waals surface area contributed by atoms with Gasteiger partial charge in [-0.15, -0.1) is 0 Å². The van der Waals surface area contributed by atoms with Gasteiger partial charge in [0.15, 0.2) is 0 Å². The summed E-state index contributed by atoms with van der Waals surface area (Å²) in [5.74, 6) is 0.719. The van der Waals surface area contributed by atoms with Gasteiger partial charge < -0.3 is 10.1 Å². The van der Waals surface area contributed by atoms with Gasteiger partial charge in [0, 0.05) is 24.5 Å². The minimum atomic E-state index is -0.0981. The van der Waals surface area contributed by atoms with Crippen LogP contribution in [0.5, 0.6) is 5.75 Å². The van der Waals surface area contributed by atoms with Crippen molar-refractivity contribution in [1.29, 1.82) is 0 Å². The van der Waals surface area contributed by atoms with E-state index >= 15 is 0 Å². The quantitative estimate of drug-likeness (QED) is 0.603. The highest BCUT2D eigenvalue weighted by Gasteiger charge is 2.20. The second-order valence-corrected chi connectivity index (χ2v) is 6.72. The number of hydrogen-bond donors (Lipinski definition) is 1. The van der Waals surface area contributed by atoms with E-state index < -0.39 is 0 Å². The smallest absolute Gasteiger partial charge is 0.251 e. The number of methoxy groups -OCH3 is 1. The van der Waals surface area contributed by atoms with Gasteiger partial charge >= 0.3 is 0 Å². The topological polar surface area (TPSA) is 59.4 Å². The molecule has 3 rings (SSSR count). The lowest BCUT2D eigenvalue weighted by Crippen LogP contribution is -2.38. The summed E-state index contributed by atoms with van der Waals surface area (Å²) < 4.78 is 7.12. The predicted octanol–water partition coefficient (Wildman–Crippen LogP) is 3.69. The number of nitrogens with zero attached hydrogens (tertiary/aromatic N) is 3. The predicted molar refractivity (Wildman–Crippen MR) is 115 cm³/mol. The van der Waals surface area contributed by atoms with Gasteiger partial charge in [0.2, 0.25) is 0 Å². The molecular formula is C23H28N4O2. The van der Waals surface area contributed by atoms with Gasteiger partial charge in [0.25, 0.3) is 5.91 Å². The van der Waals surface area contributed by atoms with Crippen LogP contribution >= 0.6 is 0 Å². The molecule has 0 saturated heterocycles. The summed E-state index contributed by atoms with van der Waals surface area (Å²) in [5, 5.41) is 7.33. The summed E-state index contributed by atoms with van der Waals surface area (Å²) in [6.45, 7) is 6.56. The third-order valence-electron chi connectivity index (χ3n) is 5.06. The highest BCUT2D eigenvalue weighted by Crippen LogP contribution is 2.24. The SMILES string of the molecule is CCN(CC)C(CNC(=O)c1cccc(-n2cccn2)c1)c1cccc(OC)c1. The van der Waals surface area contributed by atoms with Crippen molar-refractivity contribution >= 4 is 5.91 Å². The maximum atomic E-state index is 12.8. The first-order valence-corrected chi connectivity index (χ1v) is 9.92. The molecule has 152 valence electrons. The molecule has 0 radical (unpaired) electrons. The van der Waals surface area contributed by atoms with E-state index in [1.165, 1.54) is 0 Å². The number of rotatable bonds is 9. The Morgan fingerprint density at radius 1 is 1.14 bits per heavy atom. The Morgan fingerprint density at radius 3 is 2.62 bits per heavy atom. The van der Waals surface area contributed by atoms with Crippen LogP contribution in [0, 0.1) is 0 Å². The average Bonchev–Trinajstić information content (AvgIpc) is 3.31. The molecule has 0 bridgehead atoms. The second kappa shape index (κ2) is 9.89. The monoisotopic (exact) mass is 392 g/mol. The van der Waals surface area contributed by atoms with E-state index in [2.05, 4.69) is 35.2 Å². The molecule has 0 fully saturated rings. The lowest BCUT2D eigenvalue weighted by Gasteiger charge is -2.30. The maximum absolute atomic E-state index is 12.8. The molecule has 0 saturated carbocycles. The number of nitrogens with one attached hydrogen (secondary N) is 1. The van der Waals surface area contributed by atoms with E-state index in [-0.39, 0.29) is 11.9 Å². The number of hydrogen-bond acceptors (Lipinski definition) is 4. The highest BCUT2D eigenvalue weighted by atomic mass is 16.5. The second-order valence-electron chi connectivity index (χ2n) is 6.72. The maximum Gasteiger partial charge on any atom is 0.251 e. The number of benzene rings is 2. The number of likely N-dealkylation sites (N-methyl/N-ethyl adjacent to an activating group) is 1. The van der Waals surface area contributed by atoms with Crippen LogP contribution in [0.2, 0.25) is 0 Å². The average molecular weight is 393 g/mol. The lowest BCUT2D eigenvalue weighted by atomic mass is 10.0. The van der Waals surface area contributed by atoms with Crippen molar-refractivity contribution in [3.8, 4) is 11.4 Å². The minimum Gasteiger partial charge on any atom is -0.497 e. The number of carbonyl (C=O) groups is 1. The molecule has 6 heteroatoms. The van der Waals surface area contributed by atoms with Crippen LogP contribution < -0.4 is 10.1 Å². The van der Waals surface area contributed by atoms with Gasteiger partial charge in [0.05, 0.1) is 18.8 Å². The van der Waals surface area contributed by atoms with E-state index in [0.29, 0.717) is 12.1 Å². The molecule has 1 unspecified atom stereocenters. The number of ether oxygens (including phenoxy) is 1. The Hall–Kier alpha value is -3.12. The number of amides is 1. The van der Waals surface area contributed by atoms with Crippen LogP contribution in [0.15, 0.2) is 67.0 Å². The summed E-state index contributed by atoms with van der Waals surface area (Å²) in [4.78, 5) is 15.2. The fourth-order valence-electron chi connectivity index (χ4n) is 3.47. The van der Waals surface area contributed by atoms with E-state index in [0.717, 1.165) is 30.1 Å². The number of aromatic nitrogens is 2. The summed E-state index contributed by atoms with van der Waals surface area (Å²) in [6.07, 6.45) is 3.58. The molecule has 0 aliphatic heterocycles. The van der Waals surface area contributed by atoms with Crippen LogP contribution in [0.3, 0.4) is 0 Å². The van der Waals surface area contributed by atoms with Gasteiger partial charge in [-0.2, -0.15) is 5.10 Å². The Balaban J connectivity index is 1.76. The molecule has 0 aliphatic rings. The van der Waals surface area contributed by atoms with Crippen LogP contribution in [-0.2, 0) is 0 Å². The largest absolute Gasteiger partial charge is 0.497 e. The zero-order chi connectivity index (χ0) is 20.6. The van der Waals surface area contributed by atoms with Crippen molar-refractivity contribution in [3.63, 3.8) is 0 Å². The van der Waals surface area contributed by atoms with Crippen molar-refractivity contribution in [2.45, 2.75) is 19.9 Å². The van der Waals surface area contributed by atoms with Crippen molar-refractivity contribution in [1.82, 2.24) is 20.0 Å². The summed E-state index contributed by atoms with van der Waals surface area (Å²) in [5.41, 5.74) is 2.59. The van der Waals surface area contributed by atoms with Gasteiger partial charge in [0.1, 0.15) is 5.75 Å². The standard InChI is InChI=1S/C23H28N4O2/c1-4-26(5-2)22(18-9-7-12-21(16-18)29-3)17-24-23(28)19-10-6-11-20(15-19)27-14-8-13-25-27/h6-16,22H,4-5,17H2,1-3H3,(H,24,28). The Morgan fingerprint density at radius 2 is 1.93 bits per heavy atom.